The summed E-state index contributed by atoms with van der Waals surface area (Å²) in [4.78, 5) is 16.1. The molecule has 1 amide bonds. The van der Waals surface area contributed by atoms with E-state index in [-0.39, 0.29) is 11.7 Å². The van der Waals surface area contributed by atoms with E-state index in [1.54, 1.807) is 0 Å². The summed E-state index contributed by atoms with van der Waals surface area (Å²) >= 11 is 0. The van der Waals surface area contributed by atoms with Gasteiger partial charge in [0.15, 0.2) is 0 Å². The van der Waals surface area contributed by atoms with Crippen LogP contribution in [0, 0.1) is 0 Å². The molecule has 3 rings (SSSR count). The minimum Gasteiger partial charge on any atom is -0.378 e. The Morgan fingerprint density at radius 1 is 1.29 bits per heavy atom. The Labute approximate surface area is 124 Å². The lowest BCUT2D eigenvalue weighted by Crippen LogP contribution is -2.33. The van der Waals surface area contributed by atoms with Crippen LogP contribution >= 0.6 is 0 Å². The number of hydrogen-bond acceptors (Lipinski definition) is 5. The first kappa shape index (κ1) is 14.5. The molecule has 116 valence electrons. The monoisotopic (exact) mass is 293 g/mol. The molecular weight excluding hydrogens is 270 g/mol. The fourth-order valence-electron chi connectivity index (χ4n) is 2.48. The van der Waals surface area contributed by atoms with Crippen molar-refractivity contribution in [2.75, 3.05) is 26.2 Å². The number of nitrogens with one attached hydrogen (secondary N) is 3. The second kappa shape index (κ2) is 7.00. The van der Waals surface area contributed by atoms with Gasteiger partial charge in [0.2, 0.25) is 5.82 Å². The molecule has 7 heteroatoms. The van der Waals surface area contributed by atoms with Gasteiger partial charge < -0.3 is 15.4 Å². The SMILES string of the molecule is O=C(NCCCOC1CCNCC1)c1n[nH]c(C2CC2)n1. The van der Waals surface area contributed by atoms with Crippen LogP contribution in [-0.2, 0) is 4.74 Å². The van der Waals surface area contributed by atoms with Crippen molar-refractivity contribution in [2.24, 2.45) is 0 Å². The number of nitrogens with zero attached hydrogens (tertiary/aromatic N) is 2. The molecule has 0 atom stereocenters. The largest absolute Gasteiger partial charge is 0.378 e. The van der Waals surface area contributed by atoms with Crippen LogP contribution in [0.2, 0.25) is 0 Å². The molecule has 1 saturated carbocycles. The molecule has 7 nitrogen and oxygen atoms in total. The molecule has 21 heavy (non-hydrogen) atoms. The van der Waals surface area contributed by atoms with E-state index in [2.05, 4.69) is 25.8 Å². The van der Waals surface area contributed by atoms with Gasteiger partial charge in [-0.1, -0.05) is 0 Å². The first-order valence-electron chi connectivity index (χ1n) is 7.86. The zero-order chi connectivity index (χ0) is 14.5. The van der Waals surface area contributed by atoms with E-state index in [0.717, 1.165) is 51.0 Å². The molecule has 0 spiro atoms. The number of hydrogen-bond donors (Lipinski definition) is 3. The van der Waals surface area contributed by atoms with E-state index in [4.69, 9.17) is 4.74 Å². The number of amides is 1. The highest BCUT2D eigenvalue weighted by molar-refractivity contribution is 5.90. The van der Waals surface area contributed by atoms with Crippen molar-refractivity contribution in [3.05, 3.63) is 11.6 Å². The van der Waals surface area contributed by atoms with E-state index in [9.17, 15) is 4.79 Å². The number of piperidine rings is 1. The van der Waals surface area contributed by atoms with Crippen LogP contribution in [0.5, 0.6) is 0 Å². The number of rotatable bonds is 7. The Bertz CT molecular complexity index is 466. The zero-order valence-corrected chi connectivity index (χ0v) is 12.2. The van der Waals surface area contributed by atoms with Gasteiger partial charge in [0.1, 0.15) is 5.82 Å². The van der Waals surface area contributed by atoms with Gasteiger partial charge >= 0.3 is 0 Å². The maximum absolute atomic E-state index is 11.9. The number of ether oxygens (including phenoxy) is 1. The molecule has 1 saturated heterocycles. The van der Waals surface area contributed by atoms with Crippen LogP contribution < -0.4 is 10.6 Å². The fourth-order valence-corrected chi connectivity index (χ4v) is 2.48. The lowest BCUT2D eigenvalue weighted by molar-refractivity contribution is 0.0317. The van der Waals surface area contributed by atoms with Crippen LogP contribution in [0.25, 0.3) is 0 Å². The van der Waals surface area contributed by atoms with Gasteiger partial charge in [-0.15, -0.1) is 5.10 Å². The van der Waals surface area contributed by atoms with Gasteiger partial charge in [-0.3, -0.25) is 9.89 Å². The van der Waals surface area contributed by atoms with Crippen molar-refractivity contribution >= 4 is 5.91 Å². The number of carbonyl (C=O) groups excluding carboxylic acids is 1. The molecular formula is C14H23N5O2. The average Bonchev–Trinajstić information content (AvgIpc) is 3.25. The third kappa shape index (κ3) is 4.25. The number of aromatic amines is 1. The van der Waals surface area contributed by atoms with E-state index in [0.29, 0.717) is 25.2 Å². The van der Waals surface area contributed by atoms with E-state index < -0.39 is 0 Å². The molecule has 1 aliphatic carbocycles. The smallest absolute Gasteiger partial charge is 0.290 e. The molecule has 3 N–H and O–H groups in total. The predicted octanol–water partition coefficient (Wildman–Crippen LogP) is 0.571. The van der Waals surface area contributed by atoms with E-state index >= 15 is 0 Å². The lowest BCUT2D eigenvalue weighted by atomic mass is 10.1. The van der Waals surface area contributed by atoms with Gasteiger partial charge in [-0.25, -0.2) is 4.98 Å². The molecule has 2 fully saturated rings. The molecule has 0 radical (unpaired) electrons. The first-order valence-corrected chi connectivity index (χ1v) is 7.86. The summed E-state index contributed by atoms with van der Waals surface area (Å²) in [6.07, 6.45) is 5.63. The Hall–Kier alpha value is -1.47. The van der Waals surface area contributed by atoms with Crippen LogP contribution in [0.15, 0.2) is 0 Å². The van der Waals surface area contributed by atoms with E-state index in [1.165, 1.54) is 0 Å². The van der Waals surface area contributed by atoms with Crippen LogP contribution in [0.1, 0.15) is 54.5 Å². The molecule has 0 bridgehead atoms. The highest BCUT2D eigenvalue weighted by Gasteiger charge is 2.28. The zero-order valence-electron chi connectivity index (χ0n) is 12.2. The number of carbonyl (C=O) groups is 1. The topological polar surface area (TPSA) is 91.9 Å². The maximum Gasteiger partial charge on any atom is 0.290 e. The van der Waals surface area contributed by atoms with Crippen molar-refractivity contribution in [2.45, 2.75) is 44.1 Å². The van der Waals surface area contributed by atoms with Gasteiger partial charge in [0, 0.05) is 19.1 Å². The Morgan fingerprint density at radius 2 is 2.10 bits per heavy atom. The Balaban J connectivity index is 1.30. The van der Waals surface area contributed by atoms with Gasteiger partial charge in [-0.2, -0.15) is 0 Å². The minimum atomic E-state index is -0.208. The van der Waals surface area contributed by atoms with Gasteiger partial charge in [-0.05, 0) is 45.2 Å². The normalized spacial score (nSPS) is 19.6. The van der Waals surface area contributed by atoms with Crippen molar-refractivity contribution in [3.8, 4) is 0 Å². The second-order valence-electron chi connectivity index (χ2n) is 5.75. The summed E-state index contributed by atoms with van der Waals surface area (Å²) in [5.41, 5.74) is 0. The Kier molecular flexibility index (Phi) is 4.82. The van der Waals surface area contributed by atoms with Crippen molar-refractivity contribution in [1.29, 1.82) is 0 Å². The fraction of sp³-hybridized carbons (Fsp3) is 0.786. The molecule has 2 aliphatic rings. The van der Waals surface area contributed by atoms with Crippen LogP contribution in [0.3, 0.4) is 0 Å². The number of aromatic nitrogens is 3. The second-order valence-corrected chi connectivity index (χ2v) is 5.75. The molecule has 1 aromatic heterocycles. The number of H-pyrrole nitrogens is 1. The van der Waals surface area contributed by atoms with Crippen molar-refractivity contribution < 1.29 is 9.53 Å². The lowest BCUT2D eigenvalue weighted by Gasteiger charge is -2.22. The summed E-state index contributed by atoms with van der Waals surface area (Å²) in [6, 6.07) is 0. The van der Waals surface area contributed by atoms with E-state index in [1.807, 2.05) is 0 Å². The highest BCUT2D eigenvalue weighted by atomic mass is 16.5. The quantitative estimate of drug-likeness (QED) is 0.639. The third-order valence-electron chi connectivity index (χ3n) is 3.92. The van der Waals surface area contributed by atoms with Crippen molar-refractivity contribution in [1.82, 2.24) is 25.8 Å². The summed E-state index contributed by atoms with van der Waals surface area (Å²) in [5.74, 6) is 1.36. The minimum absolute atomic E-state index is 0.208. The molecule has 1 aliphatic heterocycles. The maximum atomic E-state index is 11.9. The summed E-state index contributed by atoms with van der Waals surface area (Å²) in [5, 5.41) is 12.9. The standard InChI is InChI=1S/C14H23N5O2/c20-14(13-17-12(18-19-13)10-2-3-10)16-6-1-9-21-11-4-7-15-8-5-11/h10-11,15H,1-9H2,(H,16,20)(H,17,18,19). The molecule has 1 aromatic rings. The average molecular weight is 293 g/mol. The summed E-state index contributed by atoms with van der Waals surface area (Å²) in [7, 11) is 0. The summed E-state index contributed by atoms with van der Waals surface area (Å²) < 4.78 is 5.79. The highest BCUT2D eigenvalue weighted by Crippen LogP contribution is 2.37. The molecule has 2 heterocycles. The van der Waals surface area contributed by atoms with Crippen molar-refractivity contribution in [3.63, 3.8) is 0 Å². The predicted molar refractivity (Wildman–Crippen MR) is 77.2 cm³/mol. The molecule has 0 aromatic carbocycles. The van der Waals surface area contributed by atoms with Crippen LogP contribution in [0.4, 0.5) is 0 Å². The first-order chi connectivity index (χ1) is 10.3. The van der Waals surface area contributed by atoms with Crippen LogP contribution in [-0.4, -0.2) is 53.4 Å². The van der Waals surface area contributed by atoms with Gasteiger partial charge in [0.05, 0.1) is 6.10 Å². The van der Waals surface area contributed by atoms with Gasteiger partial charge in [0.25, 0.3) is 5.91 Å². The molecule has 0 unspecified atom stereocenters. The third-order valence-corrected chi connectivity index (χ3v) is 3.92. The Morgan fingerprint density at radius 3 is 2.86 bits per heavy atom. The summed E-state index contributed by atoms with van der Waals surface area (Å²) in [6.45, 7) is 3.36.